The van der Waals surface area contributed by atoms with Crippen molar-refractivity contribution in [2.75, 3.05) is 0 Å². The van der Waals surface area contributed by atoms with E-state index in [0.29, 0.717) is 12.3 Å². The van der Waals surface area contributed by atoms with Crippen LogP contribution >= 0.6 is 0 Å². The number of amides is 1. The van der Waals surface area contributed by atoms with Crippen molar-refractivity contribution in [1.29, 1.82) is 0 Å². The Morgan fingerprint density at radius 1 is 1.04 bits per heavy atom. The van der Waals surface area contributed by atoms with Crippen molar-refractivity contribution in [2.45, 2.75) is 43.8 Å². The van der Waals surface area contributed by atoms with Gasteiger partial charge in [0.1, 0.15) is 0 Å². The summed E-state index contributed by atoms with van der Waals surface area (Å²) in [4.78, 5) is 14.1. The molecule has 2 fully saturated rings. The molecule has 2 aliphatic rings. The first-order valence-electron chi connectivity index (χ1n) is 9.49. The third kappa shape index (κ3) is 3.21. The highest BCUT2D eigenvalue weighted by Crippen LogP contribution is 2.48. The molecule has 2 saturated carbocycles. The molecule has 0 saturated heterocycles. The Hall–Kier alpha value is -2.33. The number of fused-ring (bicyclic) bond motifs is 2. The lowest BCUT2D eigenvalue weighted by atomic mass is 9.87. The molecule has 1 unspecified atom stereocenters. The van der Waals surface area contributed by atoms with Gasteiger partial charge in [0.25, 0.3) is 0 Å². The van der Waals surface area contributed by atoms with Gasteiger partial charge in [0.2, 0.25) is 0 Å². The van der Waals surface area contributed by atoms with E-state index >= 15 is 0 Å². The molecule has 2 aliphatic carbocycles. The van der Waals surface area contributed by atoms with Gasteiger partial charge in [0.05, 0.1) is 6.04 Å². The molecule has 4 rings (SSSR count). The van der Waals surface area contributed by atoms with Crippen molar-refractivity contribution in [1.82, 2.24) is 4.90 Å². The van der Waals surface area contributed by atoms with Crippen LogP contribution in [0.5, 0.6) is 0 Å². The first-order valence-corrected chi connectivity index (χ1v) is 9.49. The fraction of sp³-hybridized carbons (Fsp3) is 0.409. The third-order valence-electron chi connectivity index (χ3n) is 6.20. The number of nitrogens with zero attached hydrogens (tertiary/aromatic N) is 1. The Morgan fingerprint density at radius 2 is 1.69 bits per heavy atom. The summed E-state index contributed by atoms with van der Waals surface area (Å²) in [6.45, 7) is 0. The van der Waals surface area contributed by atoms with Gasteiger partial charge in [-0.15, -0.1) is 0 Å². The molecule has 2 aromatic rings. The van der Waals surface area contributed by atoms with Crippen LogP contribution in [0.4, 0.5) is 4.79 Å². The lowest BCUT2D eigenvalue weighted by Gasteiger charge is -2.40. The molecular weight excluding hydrogens is 324 g/mol. The van der Waals surface area contributed by atoms with Crippen molar-refractivity contribution in [3.63, 3.8) is 0 Å². The molecule has 0 aromatic heterocycles. The molecule has 4 nitrogen and oxygen atoms in total. The first-order chi connectivity index (χ1) is 12.6. The highest BCUT2D eigenvalue weighted by Gasteiger charge is 2.49. The number of nitrogens with two attached hydrogens (primary N) is 1. The molecule has 0 radical (unpaired) electrons. The summed E-state index contributed by atoms with van der Waals surface area (Å²) in [6, 6.07) is 20.1. The molecule has 136 valence electrons. The molecule has 1 amide bonds. The minimum atomic E-state index is -0.834. The van der Waals surface area contributed by atoms with Gasteiger partial charge >= 0.3 is 6.09 Å². The summed E-state index contributed by atoms with van der Waals surface area (Å²) < 4.78 is 0. The number of benzene rings is 2. The summed E-state index contributed by atoms with van der Waals surface area (Å²) in [5.74, 6) is 0.869. The van der Waals surface area contributed by atoms with Crippen molar-refractivity contribution in [3.8, 4) is 0 Å². The normalized spacial score (nSPS) is 28.0. The van der Waals surface area contributed by atoms with Gasteiger partial charge in [-0.25, -0.2) is 4.79 Å². The Morgan fingerprint density at radius 3 is 2.27 bits per heavy atom. The molecule has 4 heteroatoms. The molecule has 0 aliphatic heterocycles. The van der Waals surface area contributed by atoms with E-state index in [2.05, 4.69) is 12.1 Å². The van der Waals surface area contributed by atoms with E-state index in [0.717, 1.165) is 30.4 Å². The fourth-order valence-electron chi connectivity index (χ4n) is 5.08. The van der Waals surface area contributed by atoms with Gasteiger partial charge in [-0.2, -0.15) is 0 Å². The zero-order valence-electron chi connectivity index (χ0n) is 14.9. The van der Waals surface area contributed by atoms with Crippen LogP contribution in [0.3, 0.4) is 0 Å². The van der Waals surface area contributed by atoms with Crippen LogP contribution < -0.4 is 5.73 Å². The average molecular weight is 350 g/mol. The summed E-state index contributed by atoms with van der Waals surface area (Å²) in [6.07, 6.45) is 2.91. The predicted molar refractivity (Wildman–Crippen MR) is 102 cm³/mol. The largest absolute Gasteiger partial charge is 0.465 e. The Bertz CT molecular complexity index is 749. The topological polar surface area (TPSA) is 66.6 Å². The number of hydrogen-bond donors (Lipinski definition) is 2. The number of hydrogen-bond acceptors (Lipinski definition) is 2. The summed E-state index contributed by atoms with van der Waals surface area (Å²) in [7, 11) is 0. The smallest absolute Gasteiger partial charge is 0.408 e. The van der Waals surface area contributed by atoms with E-state index in [-0.39, 0.29) is 24.0 Å². The fourth-order valence-corrected chi connectivity index (χ4v) is 5.08. The Kier molecular flexibility index (Phi) is 4.68. The Balaban J connectivity index is 1.69. The maximum atomic E-state index is 12.4. The van der Waals surface area contributed by atoms with Gasteiger partial charge in [-0.3, -0.25) is 4.90 Å². The van der Waals surface area contributed by atoms with Gasteiger partial charge in [-0.05, 0) is 48.6 Å². The number of carbonyl (C=O) groups is 1. The van der Waals surface area contributed by atoms with E-state index in [4.69, 9.17) is 5.73 Å². The third-order valence-corrected chi connectivity index (χ3v) is 6.20. The number of rotatable bonds is 5. The highest BCUT2D eigenvalue weighted by atomic mass is 16.4. The molecule has 2 aromatic carbocycles. The maximum absolute atomic E-state index is 12.4. The van der Waals surface area contributed by atoms with E-state index in [9.17, 15) is 9.90 Å². The second-order valence-corrected chi connectivity index (χ2v) is 7.77. The van der Waals surface area contributed by atoms with Crippen LogP contribution in [0, 0.1) is 11.8 Å². The van der Waals surface area contributed by atoms with Crippen LogP contribution in [0.25, 0.3) is 0 Å². The first kappa shape index (κ1) is 17.1. The van der Waals surface area contributed by atoms with E-state index in [1.54, 1.807) is 4.90 Å². The molecule has 3 N–H and O–H groups in total. The second kappa shape index (κ2) is 7.12. The molecule has 2 bridgehead atoms. The predicted octanol–water partition coefficient (Wildman–Crippen LogP) is 4.08. The highest BCUT2D eigenvalue weighted by molar-refractivity contribution is 5.66. The monoisotopic (exact) mass is 350 g/mol. The minimum Gasteiger partial charge on any atom is -0.465 e. The summed E-state index contributed by atoms with van der Waals surface area (Å²) in [5.41, 5.74) is 8.52. The van der Waals surface area contributed by atoms with Gasteiger partial charge in [-0.1, -0.05) is 60.7 Å². The van der Waals surface area contributed by atoms with E-state index in [1.807, 2.05) is 48.5 Å². The Labute approximate surface area is 154 Å². The van der Waals surface area contributed by atoms with Gasteiger partial charge in [0, 0.05) is 12.1 Å². The summed E-state index contributed by atoms with van der Waals surface area (Å²) >= 11 is 0. The molecule has 0 heterocycles. The molecule has 0 spiro atoms. The number of carboxylic acid groups (broad SMARTS) is 1. The van der Waals surface area contributed by atoms with Crippen LogP contribution in [0.15, 0.2) is 60.7 Å². The zero-order valence-corrected chi connectivity index (χ0v) is 14.9. The molecular formula is C22H26N2O2. The lowest BCUT2D eigenvalue weighted by Crippen LogP contribution is -2.50. The van der Waals surface area contributed by atoms with Crippen LogP contribution in [0.1, 0.15) is 36.4 Å². The average Bonchev–Trinajstić information content (AvgIpc) is 3.22. The summed E-state index contributed by atoms with van der Waals surface area (Å²) in [5, 5.41) is 10.1. The van der Waals surface area contributed by atoms with Crippen molar-refractivity contribution in [3.05, 3.63) is 71.8 Å². The standard InChI is InChI=1S/C22H26N2O2/c23-19-12-16-11-18(19)21(14-16)24(22(25)26)20(17-9-5-2-6-10-17)13-15-7-3-1-4-8-15/h1-10,16,18-21H,11-14,23H2,(H,25,26)/t16-,18+,19-,20?,21-/m0/s1. The van der Waals surface area contributed by atoms with Crippen LogP contribution in [0.2, 0.25) is 0 Å². The lowest BCUT2D eigenvalue weighted by molar-refractivity contribution is 0.0725. The molecule has 26 heavy (non-hydrogen) atoms. The maximum Gasteiger partial charge on any atom is 0.408 e. The zero-order chi connectivity index (χ0) is 18.1. The van der Waals surface area contributed by atoms with Crippen LogP contribution in [-0.2, 0) is 6.42 Å². The van der Waals surface area contributed by atoms with E-state index in [1.165, 1.54) is 0 Å². The quantitative estimate of drug-likeness (QED) is 0.854. The minimum absolute atomic E-state index is 0.0233. The van der Waals surface area contributed by atoms with Crippen molar-refractivity contribution < 1.29 is 9.90 Å². The second-order valence-electron chi connectivity index (χ2n) is 7.77. The van der Waals surface area contributed by atoms with Crippen molar-refractivity contribution >= 4 is 6.09 Å². The van der Waals surface area contributed by atoms with Crippen LogP contribution in [-0.4, -0.2) is 28.2 Å². The van der Waals surface area contributed by atoms with E-state index < -0.39 is 6.09 Å². The van der Waals surface area contributed by atoms with Gasteiger partial charge in [0.15, 0.2) is 0 Å². The SMILES string of the molecule is N[C@H]1C[C@@H]2C[C@H]1[C@@H](N(C(=O)O)C(Cc1ccccc1)c1ccccc1)C2. The molecule has 5 atom stereocenters. The van der Waals surface area contributed by atoms with Gasteiger partial charge < -0.3 is 10.8 Å². The van der Waals surface area contributed by atoms with Crippen molar-refractivity contribution in [2.24, 2.45) is 17.6 Å².